The van der Waals surface area contributed by atoms with Gasteiger partial charge >= 0.3 is 0 Å². The Morgan fingerprint density at radius 1 is 1.32 bits per heavy atom. The second kappa shape index (κ2) is 6.31. The first kappa shape index (κ1) is 14.2. The van der Waals surface area contributed by atoms with Gasteiger partial charge in [-0.1, -0.05) is 18.2 Å². The second-order valence-corrected chi connectivity index (χ2v) is 5.37. The van der Waals surface area contributed by atoms with Gasteiger partial charge in [-0.3, -0.25) is 10.1 Å². The number of carbonyl (C=O) groups excluding carboxylic acids is 1. The highest BCUT2D eigenvalue weighted by Crippen LogP contribution is 2.14. The molecule has 1 aromatic carbocycles. The molecule has 3 rings (SSSR count). The predicted octanol–water partition coefficient (Wildman–Crippen LogP) is 2.68. The molecule has 0 aliphatic carbocycles. The van der Waals surface area contributed by atoms with E-state index in [9.17, 15) is 4.79 Å². The number of nitrogens with zero attached hydrogens (tertiary/aromatic N) is 4. The van der Waals surface area contributed by atoms with E-state index in [1.165, 1.54) is 22.2 Å². The molecule has 22 heavy (non-hydrogen) atoms. The highest BCUT2D eigenvalue weighted by molar-refractivity contribution is 7.13. The van der Waals surface area contributed by atoms with Crippen LogP contribution >= 0.6 is 11.3 Å². The van der Waals surface area contributed by atoms with Gasteiger partial charge in [0.2, 0.25) is 5.91 Å². The van der Waals surface area contributed by atoms with Gasteiger partial charge in [-0.25, -0.2) is 4.98 Å². The average molecular weight is 311 g/mol. The Kier molecular flexibility index (Phi) is 4.06. The maximum absolute atomic E-state index is 11.8. The van der Waals surface area contributed by atoms with Gasteiger partial charge in [0.15, 0.2) is 5.13 Å². The highest BCUT2D eigenvalue weighted by Gasteiger charge is 2.03. The van der Waals surface area contributed by atoms with Crippen molar-refractivity contribution < 1.29 is 4.79 Å². The molecular formula is C15H13N5OS. The maximum Gasteiger partial charge on any atom is 0.250 e. The van der Waals surface area contributed by atoms with Gasteiger partial charge in [0, 0.05) is 11.5 Å². The maximum atomic E-state index is 11.8. The lowest BCUT2D eigenvalue weighted by atomic mass is 10.3. The summed E-state index contributed by atoms with van der Waals surface area (Å²) in [5.41, 5.74) is 2.36. The number of hydrogen-bond acceptors (Lipinski definition) is 5. The van der Waals surface area contributed by atoms with Gasteiger partial charge < -0.3 is 0 Å². The quantitative estimate of drug-likeness (QED) is 0.752. The highest BCUT2D eigenvalue weighted by atomic mass is 32.1. The number of rotatable bonds is 4. The van der Waals surface area contributed by atoms with Crippen LogP contribution in [0.5, 0.6) is 0 Å². The van der Waals surface area contributed by atoms with Crippen molar-refractivity contribution in [1.29, 1.82) is 0 Å². The lowest BCUT2D eigenvalue weighted by Gasteiger charge is -1.96. The van der Waals surface area contributed by atoms with Crippen LogP contribution < -0.4 is 5.32 Å². The Bertz CT molecular complexity index is 806. The normalized spacial score (nSPS) is 11.0. The smallest absolute Gasteiger partial charge is 0.250 e. The Labute approximate surface area is 131 Å². The van der Waals surface area contributed by atoms with Gasteiger partial charge in [-0.2, -0.15) is 9.90 Å². The number of aryl methyl sites for hydroxylation is 1. The fraction of sp³-hybridized carbons (Fsp3) is 0.0667. The van der Waals surface area contributed by atoms with Gasteiger partial charge in [-0.05, 0) is 25.1 Å². The number of aromatic nitrogens is 4. The topological polar surface area (TPSA) is 72.7 Å². The van der Waals surface area contributed by atoms with E-state index < -0.39 is 0 Å². The van der Waals surface area contributed by atoms with E-state index in [0.29, 0.717) is 10.8 Å². The van der Waals surface area contributed by atoms with Crippen LogP contribution in [0.15, 0.2) is 48.0 Å². The molecule has 110 valence electrons. The Morgan fingerprint density at radius 2 is 2.14 bits per heavy atom. The van der Waals surface area contributed by atoms with Crippen LogP contribution in [0.3, 0.4) is 0 Å². The van der Waals surface area contributed by atoms with Crippen LogP contribution in [0.4, 0.5) is 5.13 Å². The molecular weight excluding hydrogens is 298 g/mol. The summed E-state index contributed by atoms with van der Waals surface area (Å²) in [5, 5.41) is 13.6. The largest absolute Gasteiger partial charge is 0.298 e. The number of hydrogen-bond donors (Lipinski definition) is 1. The molecule has 7 heteroatoms. The molecule has 1 amide bonds. The van der Waals surface area contributed by atoms with Crippen molar-refractivity contribution in [3.05, 3.63) is 59.4 Å². The van der Waals surface area contributed by atoms with E-state index in [4.69, 9.17) is 0 Å². The zero-order valence-corrected chi connectivity index (χ0v) is 12.6. The third-order valence-electron chi connectivity index (χ3n) is 2.75. The molecule has 0 aliphatic rings. The molecule has 0 bridgehead atoms. The number of thiazole rings is 1. The van der Waals surface area contributed by atoms with E-state index in [1.54, 1.807) is 12.3 Å². The van der Waals surface area contributed by atoms with Crippen LogP contribution in [0.1, 0.15) is 11.4 Å². The lowest BCUT2D eigenvalue weighted by molar-refractivity contribution is -0.111. The molecule has 2 aromatic heterocycles. The molecule has 0 atom stereocenters. The van der Waals surface area contributed by atoms with Gasteiger partial charge in [0.05, 0.1) is 17.6 Å². The lowest BCUT2D eigenvalue weighted by Crippen LogP contribution is -2.07. The molecule has 2 heterocycles. The first-order valence-corrected chi connectivity index (χ1v) is 7.47. The summed E-state index contributed by atoms with van der Waals surface area (Å²) < 4.78 is 0. The summed E-state index contributed by atoms with van der Waals surface area (Å²) in [7, 11) is 0. The number of nitrogens with one attached hydrogen (secondary N) is 1. The molecule has 0 aliphatic heterocycles. The SMILES string of the molecule is Cc1csc(NC(=O)/C=C/c2cnn(-c3ccccc3)n2)n1. The van der Waals surface area contributed by atoms with Crippen LogP contribution in [-0.4, -0.2) is 25.9 Å². The fourth-order valence-electron chi connectivity index (χ4n) is 1.76. The molecule has 0 spiro atoms. The minimum absolute atomic E-state index is 0.247. The number of carbonyl (C=O) groups is 1. The Hall–Kier alpha value is -2.80. The molecule has 0 radical (unpaired) electrons. The molecule has 0 saturated heterocycles. The van der Waals surface area contributed by atoms with E-state index in [1.807, 2.05) is 42.6 Å². The van der Waals surface area contributed by atoms with Crippen molar-refractivity contribution in [3.63, 3.8) is 0 Å². The summed E-state index contributed by atoms with van der Waals surface area (Å²) in [6.45, 7) is 1.88. The third-order valence-corrected chi connectivity index (χ3v) is 3.63. The summed E-state index contributed by atoms with van der Waals surface area (Å²) >= 11 is 1.39. The first-order chi connectivity index (χ1) is 10.7. The van der Waals surface area contributed by atoms with E-state index >= 15 is 0 Å². The van der Waals surface area contributed by atoms with Gasteiger partial charge in [-0.15, -0.1) is 16.4 Å². The van der Waals surface area contributed by atoms with E-state index in [2.05, 4.69) is 20.5 Å². The van der Waals surface area contributed by atoms with Gasteiger partial charge in [0.1, 0.15) is 5.69 Å². The van der Waals surface area contributed by atoms with Crippen LogP contribution in [-0.2, 0) is 4.79 Å². The number of amides is 1. The summed E-state index contributed by atoms with van der Waals surface area (Å²) in [5.74, 6) is -0.247. The van der Waals surface area contributed by atoms with Crippen molar-refractivity contribution in [1.82, 2.24) is 20.0 Å². The molecule has 0 saturated carbocycles. The molecule has 6 nitrogen and oxygen atoms in total. The van der Waals surface area contributed by atoms with Crippen molar-refractivity contribution in [2.24, 2.45) is 0 Å². The third kappa shape index (κ3) is 3.44. The van der Waals surface area contributed by atoms with Crippen molar-refractivity contribution in [2.45, 2.75) is 6.92 Å². The van der Waals surface area contributed by atoms with Crippen molar-refractivity contribution in [2.75, 3.05) is 5.32 Å². The second-order valence-electron chi connectivity index (χ2n) is 4.51. The van der Waals surface area contributed by atoms with Crippen molar-refractivity contribution >= 4 is 28.5 Å². The Morgan fingerprint density at radius 3 is 2.86 bits per heavy atom. The monoisotopic (exact) mass is 311 g/mol. The minimum Gasteiger partial charge on any atom is -0.298 e. The zero-order chi connectivity index (χ0) is 15.4. The zero-order valence-electron chi connectivity index (χ0n) is 11.8. The van der Waals surface area contributed by atoms with E-state index in [-0.39, 0.29) is 5.91 Å². The summed E-state index contributed by atoms with van der Waals surface area (Å²) in [6, 6.07) is 9.57. The standard InChI is InChI=1S/C15H13N5OS/c1-11-10-22-15(17-11)18-14(21)8-7-12-9-16-20(19-12)13-5-3-2-4-6-13/h2-10H,1H3,(H,17,18,21)/b8-7+. The molecule has 0 unspecified atom stereocenters. The van der Waals surface area contributed by atoms with Crippen LogP contribution in [0, 0.1) is 6.92 Å². The fourth-order valence-corrected chi connectivity index (χ4v) is 2.45. The summed E-state index contributed by atoms with van der Waals surface area (Å²) in [6.07, 6.45) is 4.63. The summed E-state index contributed by atoms with van der Waals surface area (Å²) in [4.78, 5) is 17.5. The number of anilines is 1. The minimum atomic E-state index is -0.247. The molecule has 3 aromatic rings. The first-order valence-electron chi connectivity index (χ1n) is 6.60. The predicted molar refractivity (Wildman–Crippen MR) is 85.9 cm³/mol. The van der Waals surface area contributed by atoms with Crippen LogP contribution in [0.25, 0.3) is 11.8 Å². The van der Waals surface area contributed by atoms with E-state index in [0.717, 1.165) is 11.4 Å². The van der Waals surface area contributed by atoms with Gasteiger partial charge in [0.25, 0.3) is 0 Å². The molecule has 0 fully saturated rings. The van der Waals surface area contributed by atoms with Crippen LogP contribution in [0.2, 0.25) is 0 Å². The number of para-hydroxylation sites is 1. The molecule has 1 N–H and O–H groups in total. The average Bonchev–Trinajstić information content (AvgIpc) is 3.15. The number of benzene rings is 1. The Balaban J connectivity index is 1.66. The van der Waals surface area contributed by atoms with Crippen molar-refractivity contribution in [3.8, 4) is 5.69 Å².